The second-order valence-electron chi connectivity index (χ2n) is 7.53. The second kappa shape index (κ2) is 8.82. The van der Waals surface area contributed by atoms with Crippen molar-refractivity contribution < 1.29 is 19.7 Å². The summed E-state index contributed by atoms with van der Waals surface area (Å²) in [5, 5.41) is 23.5. The molecule has 1 saturated carbocycles. The number of carbonyl (C=O) groups excluding carboxylic acids is 1. The first-order valence-electron chi connectivity index (χ1n) is 9.52. The number of aryl methyl sites for hydroxylation is 2. The zero-order chi connectivity index (χ0) is 19.0. The third kappa shape index (κ3) is 4.35. The second-order valence-corrected chi connectivity index (χ2v) is 8.87. The Morgan fingerprint density at radius 2 is 2.07 bits per heavy atom. The average molecular weight is 424 g/mol. The zero-order valence-electron chi connectivity index (χ0n) is 15.8. The van der Waals surface area contributed by atoms with Gasteiger partial charge in [-0.15, -0.1) is 23.7 Å². The Hall–Kier alpha value is -1.60. The van der Waals surface area contributed by atoms with Gasteiger partial charge in [-0.3, -0.25) is 4.79 Å². The third-order valence-electron chi connectivity index (χ3n) is 5.58. The Bertz CT molecular complexity index is 840. The summed E-state index contributed by atoms with van der Waals surface area (Å²) in [5.41, 5.74) is 0.896. The molecular formula is C21H26ClNO4S. The summed E-state index contributed by atoms with van der Waals surface area (Å²) in [6, 6.07) is 8.56. The highest BCUT2D eigenvalue weighted by molar-refractivity contribution is 7.12. The Balaban J connectivity index is 0.00000225. The van der Waals surface area contributed by atoms with Gasteiger partial charge < -0.3 is 20.3 Å². The number of aromatic hydroxyl groups is 1. The molecule has 0 bridgehead atoms. The number of halogens is 1. The number of ketones is 1. The lowest BCUT2D eigenvalue weighted by Gasteiger charge is -2.25. The van der Waals surface area contributed by atoms with Crippen molar-refractivity contribution in [3.63, 3.8) is 0 Å². The van der Waals surface area contributed by atoms with E-state index in [0.717, 1.165) is 31.2 Å². The van der Waals surface area contributed by atoms with Crippen LogP contribution in [0.25, 0.3) is 0 Å². The molecule has 5 nitrogen and oxygen atoms in total. The van der Waals surface area contributed by atoms with Crippen LogP contribution in [-0.2, 0) is 6.42 Å². The lowest BCUT2D eigenvalue weighted by Crippen LogP contribution is -2.44. The number of Topliss-reactive ketones (excluding diaryl/α,β-unsaturated/α-hetero) is 1. The summed E-state index contributed by atoms with van der Waals surface area (Å²) in [7, 11) is 0. The first kappa shape index (κ1) is 21.1. The molecule has 1 aromatic heterocycles. The van der Waals surface area contributed by atoms with E-state index in [2.05, 4.69) is 5.32 Å². The van der Waals surface area contributed by atoms with Gasteiger partial charge in [-0.25, -0.2) is 0 Å². The van der Waals surface area contributed by atoms with E-state index >= 15 is 0 Å². The maximum atomic E-state index is 12.7. The highest BCUT2D eigenvalue weighted by Gasteiger charge is 2.37. The molecule has 2 aliphatic carbocycles. The number of benzene rings is 1. The van der Waals surface area contributed by atoms with Crippen molar-refractivity contribution in [1.82, 2.24) is 5.32 Å². The minimum absolute atomic E-state index is 0. The van der Waals surface area contributed by atoms with Crippen molar-refractivity contribution in [3.05, 3.63) is 45.6 Å². The molecule has 1 fully saturated rings. The molecule has 1 unspecified atom stereocenters. The van der Waals surface area contributed by atoms with Crippen LogP contribution in [0.5, 0.6) is 11.5 Å². The number of nitrogens with one attached hydrogen (secondary N) is 1. The van der Waals surface area contributed by atoms with Crippen molar-refractivity contribution in [3.8, 4) is 11.5 Å². The van der Waals surface area contributed by atoms with Crippen molar-refractivity contribution in [1.29, 1.82) is 0 Å². The van der Waals surface area contributed by atoms with Crippen molar-refractivity contribution in [2.45, 2.75) is 50.9 Å². The number of fused-ring (bicyclic) bond motifs is 1. The van der Waals surface area contributed by atoms with Crippen LogP contribution < -0.4 is 10.1 Å². The van der Waals surface area contributed by atoms with Gasteiger partial charge >= 0.3 is 0 Å². The minimum atomic E-state index is -0.634. The summed E-state index contributed by atoms with van der Waals surface area (Å²) in [5.74, 6) is 0.911. The zero-order valence-corrected chi connectivity index (χ0v) is 17.4. The molecule has 1 aromatic carbocycles. The summed E-state index contributed by atoms with van der Waals surface area (Å²) in [6.07, 6.45) is 2.42. The van der Waals surface area contributed by atoms with Crippen molar-refractivity contribution >= 4 is 29.5 Å². The Morgan fingerprint density at radius 3 is 2.86 bits per heavy atom. The SMILES string of the molecule is Cc1cc2c(s1)CCC(CN[C@@H]1CC[C@@H](Oc3cccc(O)c3)[C@@H]1O)C2=O.Cl. The molecule has 0 saturated heterocycles. The van der Waals surface area contributed by atoms with Gasteiger partial charge in [0.15, 0.2) is 5.78 Å². The van der Waals surface area contributed by atoms with E-state index in [1.807, 2.05) is 13.0 Å². The number of thiophene rings is 1. The van der Waals surface area contributed by atoms with Gasteiger partial charge in [-0.1, -0.05) is 6.07 Å². The van der Waals surface area contributed by atoms with Crippen LogP contribution in [0.1, 0.15) is 39.4 Å². The highest BCUT2D eigenvalue weighted by Crippen LogP contribution is 2.32. The summed E-state index contributed by atoms with van der Waals surface area (Å²) in [4.78, 5) is 15.1. The van der Waals surface area contributed by atoms with Crippen molar-refractivity contribution in [2.75, 3.05) is 6.54 Å². The molecule has 28 heavy (non-hydrogen) atoms. The standard InChI is InChI=1S/C21H25NO4S.ClH/c1-12-9-16-19(27-12)8-5-13(20(16)24)11-22-17-6-7-18(21(17)25)26-15-4-2-3-14(23)10-15;/h2-4,9-10,13,17-18,21-23,25H,5-8,11H2,1H3;1H/t13?,17-,18-,21-;/m1./s1. The molecular weight excluding hydrogens is 398 g/mol. The molecule has 4 atom stereocenters. The van der Waals surface area contributed by atoms with E-state index in [1.54, 1.807) is 35.6 Å². The van der Waals surface area contributed by atoms with Crippen LogP contribution in [0.3, 0.4) is 0 Å². The number of hydrogen-bond donors (Lipinski definition) is 3. The topological polar surface area (TPSA) is 78.8 Å². The number of carbonyl (C=O) groups is 1. The lowest BCUT2D eigenvalue weighted by molar-refractivity contribution is 0.0440. The first-order valence-corrected chi connectivity index (χ1v) is 10.3. The predicted octanol–water partition coefficient (Wildman–Crippen LogP) is 3.49. The maximum absolute atomic E-state index is 12.7. The molecule has 0 amide bonds. The number of rotatable bonds is 5. The molecule has 0 aliphatic heterocycles. The van der Waals surface area contributed by atoms with Crippen LogP contribution in [0.15, 0.2) is 30.3 Å². The molecule has 4 rings (SSSR count). The molecule has 0 spiro atoms. The van der Waals surface area contributed by atoms with E-state index in [1.165, 1.54) is 9.75 Å². The fourth-order valence-electron chi connectivity index (χ4n) is 4.13. The molecule has 7 heteroatoms. The normalized spacial score (nSPS) is 26.6. The fourth-order valence-corrected chi connectivity index (χ4v) is 5.18. The Labute approximate surface area is 175 Å². The average Bonchev–Trinajstić information content (AvgIpc) is 3.18. The maximum Gasteiger partial charge on any atom is 0.168 e. The van der Waals surface area contributed by atoms with Gasteiger partial charge in [0.05, 0.1) is 0 Å². The van der Waals surface area contributed by atoms with E-state index in [9.17, 15) is 15.0 Å². The van der Waals surface area contributed by atoms with Gasteiger partial charge in [0.25, 0.3) is 0 Å². The predicted molar refractivity (Wildman–Crippen MR) is 112 cm³/mol. The van der Waals surface area contributed by atoms with E-state index in [-0.39, 0.29) is 42.0 Å². The van der Waals surface area contributed by atoms with Gasteiger partial charge in [-0.2, -0.15) is 0 Å². The first-order chi connectivity index (χ1) is 13.0. The molecule has 2 aromatic rings. The summed E-state index contributed by atoms with van der Waals surface area (Å²) >= 11 is 1.73. The van der Waals surface area contributed by atoms with Crippen LogP contribution in [0, 0.1) is 12.8 Å². The molecule has 152 valence electrons. The van der Waals surface area contributed by atoms with Gasteiger partial charge in [0, 0.05) is 39.9 Å². The minimum Gasteiger partial charge on any atom is -0.508 e. The Kier molecular flexibility index (Phi) is 6.65. The highest BCUT2D eigenvalue weighted by atomic mass is 35.5. The molecule has 2 aliphatic rings. The van der Waals surface area contributed by atoms with E-state index in [4.69, 9.17) is 4.74 Å². The van der Waals surface area contributed by atoms with Crippen LogP contribution in [0.2, 0.25) is 0 Å². The number of phenols is 1. The van der Waals surface area contributed by atoms with Gasteiger partial charge in [0.1, 0.15) is 23.7 Å². The van der Waals surface area contributed by atoms with E-state index in [0.29, 0.717) is 12.3 Å². The largest absolute Gasteiger partial charge is 0.508 e. The lowest BCUT2D eigenvalue weighted by atomic mass is 9.87. The molecule has 3 N–H and O–H groups in total. The van der Waals surface area contributed by atoms with Crippen LogP contribution >= 0.6 is 23.7 Å². The number of aliphatic hydroxyl groups excluding tert-OH is 1. The smallest absolute Gasteiger partial charge is 0.168 e. The van der Waals surface area contributed by atoms with Crippen LogP contribution in [0.4, 0.5) is 0 Å². The number of phenolic OH excluding ortho intramolecular Hbond substituents is 1. The number of hydrogen-bond acceptors (Lipinski definition) is 6. The third-order valence-corrected chi connectivity index (χ3v) is 6.69. The fraction of sp³-hybridized carbons (Fsp3) is 0.476. The summed E-state index contributed by atoms with van der Waals surface area (Å²) < 4.78 is 5.85. The van der Waals surface area contributed by atoms with E-state index < -0.39 is 6.10 Å². The van der Waals surface area contributed by atoms with Crippen LogP contribution in [-0.4, -0.2) is 40.8 Å². The Morgan fingerprint density at radius 1 is 1.25 bits per heavy atom. The quantitative estimate of drug-likeness (QED) is 0.686. The molecule has 1 heterocycles. The van der Waals surface area contributed by atoms with Gasteiger partial charge in [-0.05, 0) is 50.8 Å². The number of aliphatic hydroxyl groups is 1. The number of ether oxygens (including phenoxy) is 1. The van der Waals surface area contributed by atoms with Crippen molar-refractivity contribution in [2.24, 2.45) is 5.92 Å². The monoisotopic (exact) mass is 423 g/mol. The summed E-state index contributed by atoms with van der Waals surface area (Å²) in [6.45, 7) is 2.64. The van der Waals surface area contributed by atoms with Gasteiger partial charge in [0.2, 0.25) is 0 Å². The molecule has 0 radical (unpaired) electrons.